The third kappa shape index (κ3) is 3.67. The van der Waals surface area contributed by atoms with Gasteiger partial charge in [0.1, 0.15) is 6.04 Å². The third-order valence-corrected chi connectivity index (χ3v) is 5.07. The lowest BCUT2D eigenvalue weighted by atomic mass is 10.2. The van der Waals surface area contributed by atoms with Gasteiger partial charge in [-0.2, -0.15) is 4.31 Å². The summed E-state index contributed by atoms with van der Waals surface area (Å²) in [7, 11) is -4.23. The van der Waals surface area contributed by atoms with E-state index in [0.717, 1.165) is 16.4 Å². The molecule has 1 unspecified atom stereocenters. The Morgan fingerprint density at radius 2 is 2.13 bits per heavy atom. The molecule has 0 aromatic carbocycles. The van der Waals surface area contributed by atoms with E-state index in [-0.39, 0.29) is 13.0 Å². The van der Waals surface area contributed by atoms with Crippen LogP contribution >= 0.6 is 0 Å². The Hall–Kier alpha value is -2.01. The second-order valence-electron chi connectivity index (χ2n) is 4.83. The molecule has 11 heteroatoms. The third-order valence-electron chi connectivity index (χ3n) is 3.29. The summed E-state index contributed by atoms with van der Waals surface area (Å²) >= 11 is 0. The normalized spacial score (nSPS) is 19.2. The fourth-order valence-electron chi connectivity index (χ4n) is 2.27. The van der Waals surface area contributed by atoms with E-state index in [1.54, 1.807) is 0 Å². The van der Waals surface area contributed by atoms with E-state index in [1.807, 2.05) is 5.32 Å². The maximum absolute atomic E-state index is 12.4. The Morgan fingerprint density at radius 3 is 2.70 bits per heavy atom. The summed E-state index contributed by atoms with van der Waals surface area (Å²) in [6, 6.07) is 0.833. The van der Waals surface area contributed by atoms with Crippen LogP contribution in [0.3, 0.4) is 0 Å². The number of sulfonamides is 1. The van der Waals surface area contributed by atoms with Crippen molar-refractivity contribution in [3.05, 3.63) is 17.9 Å². The molecule has 1 aromatic heterocycles. The number of hydrogen-bond acceptors (Lipinski definition) is 5. The molecular weight excluding hydrogens is 338 g/mol. The molecule has 1 aliphatic rings. The average Bonchev–Trinajstić information content (AvgIpc) is 3.13. The molecule has 1 fully saturated rings. The summed E-state index contributed by atoms with van der Waals surface area (Å²) in [5.41, 5.74) is 0. The first kappa shape index (κ1) is 17.3. The van der Waals surface area contributed by atoms with Crippen LogP contribution in [-0.2, 0) is 14.8 Å². The minimum atomic E-state index is -4.23. The zero-order chi connectivity index (χ0) is 17.2. The highest BCUT2D eigenvalue weighted by atomic mass is 32.2. The predicted octanol–water partition coefficient (Wildman–Crippen LogP) is 0.512. The lowest BCUT2D eigenvalue weighted by molar-refractivity contribution is -0.124. The molecule has 128 valence electrons. The van der Waals surface area contributed by atoms with Crippen LogP contribution in [0.15, 0.2) is 21.6 Å². The van der Waals surface area contributed by atoms with E-state index in [2.05, 4.69) is 0 Å². The standard InChI is InChI=1S/C12H14F2N2O6S/c13-9(14)6-15-11(17)7-2-1-5-16(7)23(20,21)10-4-3-8(22-10)12(18)19/h3-4,7,9H,1-2,5-6H2,(H,15,17)(H,18,19). The van der Waals surface area contributed by atoms with Crippen molar-refractivity contribution in [3.63, 3.8) is 0 Å². The number of carbonyl (C=O) groups is 2. The second-order valence-corrected chi connectivity index (χ2v) is 6.66. The molecule has 1 aromatic rings. The highest BCUT2D eigenvalue weighted by Crippen LogP contribution is 2.27. The molecule has 2 heterocycles. The number of alkyl halides is 2. The molecule has 0 aliphatic carbocycles. The highest BCUT2D eigenvalue weighted by Gasteiger charge is 2.41. The molecule has 1 amide bonds. The van der Waals surface area contributed by atoms with Crippen molar-refractivity contribution >= 4 is 21.9 Å². The Kier molecular flexibility index (Phi) is 5.00. The molecule has 0 radical (unpaired) electrons. The van der Waals surface area contributed by atoms with E-state index in [0.29, 0.717) is 6.42 Å². The fraction of sp³-hybridized carbons (Fsp3) is 0.500. The predicted molar refractivity (Wildman–Crippen MR) is 71.6 cm³/mol. The van der Waals surface area contributed by atoms with Crippen LogP contribution < -0.4 is 5.32 Å². The van der Waals surface area contributed by atoms with Crippen molar-refractivity contribution in [1.29, 1.82) is 0 Å². The van der Waals surface area contributed by atoms with Crippen LogP contribution in [0.5, 0.6) is 0 Å². The van der Waals surface area contributed by atoms with Gasteiger partial charge in [0.05, 0.1) is 6.54 Å². The van der Waals surface area contributed by atoms with Crippen molar-refractivity contribution in [1.82, 2.24) is 9.62 Å². The maximum Gasteiger partial charge on any atom is 0.371 e. The van der Waals surface area contributed by atoms with Crippen molar-refractivity contribution in [2.75, 3.05) is 13.1 Å². The fourth-order valence-corrected chi connectivity index (χ4v) is 3.85. The van der Waals surface area contributed by atoms with Crippen LogP contribution in [0.1, 0.15) is 23.4 Å². The Bertz CT molecular complexity index is 702. The van der Waals surface area contributed by atoms with Gasteiger partial charge in [-0.3, -0.25) is 4.79 Å². The molecule has 2 rings (SSSR count). The van der Waals surface area contributed by atoms with Gasteiger partial charge in [0.2, 0.25) is 16.8 Å². The Morgan fingerprint density at radius 1 is 1.43 bits per heavy atom. The van der Waals surface area contributed by atoms with E-state index in [9.17, 15) is 26.8 Å². The molecule has 8 nitrogen and oxygen atoms in total. The summed E-state index contributed by atoms with van der Waals surface area (Å²) in [5, 5.41) is 10.1. The minimum Gasteiger partial charge on any atom is -0.475 e. The van der Waals surface area contributed by atoms with Gasteiger partial charge < -0.3 is 14.8 Å². The summed E-state index contributed by atoms with van der Waals surface area (Å²) in [5.74, 6) is -2.81. The zero-order valence-electron chi connectivity index (χ0n) is 11.7. The molecule has 0 saturated carbocycles. The van der Waals surface area contributed by atoms with E-state index in [1.165, 1.54) is 0 Å². The lowest BCUT2D eigenvalue weighted by Crippen LogP contribution is -2.46. The second kappa shape index (κ2) is 6.62. The summed E-state index contributed by atoms with van der Waals surface area (Å²) in [4.78, 5) is 22.6. The maximum atomic E-state index is 12.4. The number of furan rings is 1. The largest absolute Gasteiger partial charge is 0.475 e. The Balaban J connectivity index is 2.20. The first-order chi connectivity index (χ1) is 10.7. The van der Waals surface area contributed by atoms with E-state index in [4.69, 9.17) is 9.52 Å². The molecule has 1 atom stereocenters. The SMILES string of the molecule is O=C(O)c1ccc(S(=O)(=O)N2CCCC2C(=O)NCC(F)F)o1. The number of aromatic carboxylic acids is 1. The van der Waals surface area contributed by atoms with Gasteiger partial charge in [-0.15, -0.1) is 0 Å². The van der Waals surface area contributed by atoms with E-state index < -0.39 is 51.8 Å². The zero-order valence-corrected chi connectivity index (χ0v) is 12.6. The van der Waals surface area contributed by atoms with Gasteiger partial charge >= 0.3 is 5.97 Å². The van der Waals surface area contributed by atoms with Gasteiger partial charge in [-0.25, -0.2) is 22.0 Å². The van der Waals surface area contributed by atoms with Crippen LogP contribution in [0.4, 0.5) is 8.78 Å². The molecular formula is C12H14F2N2O6S. The summed E-state index contributed by atoms with van der Waals surface area (Å²) in [6.07, 6.45) is -2.19. The quantitative estimate of drug-likeness (QED) is 0.770. The number of hydrogen-bond donors (Lipinski definition) is 2. The number of carbonyl (C=O) groups excluding carboxylic acids is 1. The highest BCUT2D eigenvalue weighted by molar-refractivity contribution is 7.89. The average molecular weight is 352 g/mol. The number of carboxylic acid groups (broad SMARTS) is 1. The van der Waals surface area contributed by atoms with Crippen LogP contribution in [0.25, 0.3) is 0 Å². The Labute approximate surface area is 130 Å². The van der Waals surface area contributed by atoms with Gasteiger partial charge in [-0.05, 0) is 25.0 Å². The van der Waals surface area contributed by atoms with Gasteiger partial charge in [-0.1, -0.05) is 0 Å². The van der Waals surface area contributed by atoms with Gasteiger partial charge in [0.15, 0.2) is 0 Å². The van der Waals surface area contributed by atoms with Crippen LogP contribution in [0.2, 0.25) is 0 Å². The molecule has 0 bridgehead atoms. The molecule has 23 heavy (non-hydrogen) atoms. The van der Waals surface area contributed by atoms with Crippen molar-refractivity contribution in [2.24, 2.45) is 0 Å². The number of nitrogens with zero attached hydrogens (tertiary/aromatic N) is 1. The first-order valence-corrected chi connectivity index (χ1v) is 8.08. The smallest absolute Gasteiger partial charge is 0.371 e. The van der Waals surface area contributed by atoms with Gasteiger partial charge in [0, 0.05) is 6.54 Å². The van der Waals surface area contributed by atoms with Crippen molar-refractivity contribution < 1.29 is 36.3 Å². The molecule has 1 aliphatic heterocycles. The van der Waals surface area contributed by atoms with Crippen molar-refractivity contribution in [2.45, 2.75) is 30.4 Å². The number of halogens is 2. The number of rotatable bonds is 6. The topological polar surface area (TPSA) is 117 Å². The first-order valence-electron chi connectivity index (χ1n) is 6.64. The van der Waals surface area contributed by atoms with Crippen molar-refractivity contribution in [3.8, 4) is 0 Å². The van der Waals surface area contributed by atoms with E-state index >= 15 is 0 Å². The van der Waals surface area contributed by atoms with Crippen LogP contribution in [-0.4, -0.2) is 55.3 Å². The minimum absolute atomic E-state index is 0.0121. The summed E-state index contributed by atoms with van der Waals surface area (Å²) < 4.78 is 54.7. The molecule has 0 spiro atoms. The number of amides is 1. The molecule has 1 saturated heterocycles. The monoisotopic (exact) mass is 352 g/mol. The lowest BCUT2D eigenvalue weighted by Gasteiger charge is -2.22. The van der Waals surface area contributed by atoms with Gasteiger partial charge in [0.25, 0.3) is 16.4 Å². The molecule has 2 N–H and O–H groups in total. The van der Waals surface area contributed by atoms with Crippen LogP contribution in [0, 0.1) is 0 Å². The number of carboxylic acids is 1. The summed E-state index contributed by atoms with van der Waals surface area (Å²) in [6.45, 7) is -0.856. The number of nitrogens with one attached hydrogen (secondary N) is 1.